The number of rotatable bonds is 9. The molecule has 0 radical (unpaired) electrons. The Hall–Kier alpha value is -4.67. The predicted octanol–water partition coefficient (Wildman–Crippen LogP) is 3.76. The molecule has 184 valence electrons. The number of hydrogen-bond acceptors (Lipinski definition) is 10. The molecule has 0 atom stereocenters. The zero-order valence-electron chi connectivity index (χ0n) is 19.9. The first-order chi connectivity index (χ1) is 18.3. The SMILES string of the molecule is c1ncn(-c2ccc(CNc3nc(OC4CC4)c4nc(-c5cnc(OC6CC6)nc5)ccc4n3)cc2)n1. The van der Waals surface area contributed by atoms with Crippen molar-refractivity contribution in [1.29, 1.82) is 0 Å². The number of hydrogen-bond donors (Lipinski definition) is 1. The van der Waals surface area contributed by atoms with Crippen molar-refractivity contribution in [2.75, 3.05) is 5.32 Å². The number of nitrogens with zero attached hydrogens (tertiary/aromatic N) is 8. The Labute approximate surface area is 212 Å². The molecule has 0 aliphatic heterocycles. The van der Waals surface area contributed by atoms with Gasteiger partial charge in [-0.1, -0.05) is 12.1 Å². The normalized spacial score (nSPS) is 15.0. The molecule has 2 saturated carbocycles. The van der Waals surface area contributed by atoms with Gasteiger partial charge in [0.1, 0.15) is 24.9 Å². The summed E-state index contributed by atoms with van der Waals surface area (Å²) >= 11 is 0. The van der Waals surface area contributed by atoms with Crippen molar-refractivity contribution in [3.8, 4) is 28.8 Å². The highest BCUT2D eigenvalue weighted by Crippen LogP contribution is 2.32. The smallest absolute Gasteiger partial charge is 0.316 e. The van der Waals surface area contributed by atoms with Crippen LogP contribution in [0.15, 0.2) is 61.4 Å². The third-order valence-electron chi connectivity index (χ3n) is 6.10. The lowest BCUT2D eigenvalue weighted by molar-refractivity contribution is 0.278. The molecule has 37 heavy (non-hydrogen) atoms. The summed E-state index contributed by atoms with van der Waals surface area (Å²) in [4.78, 5) is 26.8. The van der Waals surface area contributed by atoms with E-state index in [-0.39, 0.29) is 12.2 Å². The van der Waals surface area contributed by atoms with E-state index < -0.39 is 0 Å². The first kappa shape index (κ1) is 21.6. The lowest BCUT2D eigenvalue weighted by Crippen LogP contribution is -2.08. The number of fused-ring (bicyclic) bond motifs is 1. The average molecular weight is 494 g/mol. The molecule has 1 aromatic carbocycles. The van der Waals surface area contributed by atoms with Gasteiger partial charge in [0.25, 0.3) is 0 Å². The molecule has 0 bridgehead atoms. The Morgan fingerprint density at radius 3 is 2.38 bits per heavy atom. The Bertz CT molecular complexity index is 1530. The second kappa shape index (κ2) is 9.08. The molecule has 4 heterocycles. The molecule has 2 fully saturated rings. The molecule has 5 aromatic rings. The Balaban J connectivity index is 1.12. The van der Waals surface area contributed by atoms with E-state index in [0.717, 1.165) is 48.2 Å². The minimum Gasteiger partial charge on any atom is -0.473 e. The fourth-order valence-electron chi connectivity index (χ4n) is 3.79. The van der Waals surface area contributed by atoms with Crippen LogP contribution in [0.4, 0.5) is 5.95 Å². The molecule has 7 rings (SSSR count). The summed E-state index contributed by atoms with van der Waals surface area (Å²) in [5.41, 5.74) is 4.86. The molecule has 4 aromatic heterocycles. The van der Waals surface area contributed by atoms with Crippen LogP contribution < -0.4 is 14.8 Å². The third kappa shape index (κ3) is 4.88. The molecule has 0 amide bonds. The maximum absolute atomic E-state index is 6.13. The molecule has 0 saturated heterocycles. The fraction of sp³-hybridized carbons (Fsp3) is 0.269. The van der Waals surface area contributed by atoms with Gasteiger partial charge in [0, 0.05) is 24.5 Å². The topological polar surface area (TPSA) is 126 Å². The molecule has 0 spiro atoms. The van der Waals surface area contributed by atoms with Crippen LogP contribution in [0.3, 0.4) is 0 Å². The highest BCUT2D eigenvalue weighted by Gasteiger charge is 2.26. The maximum atomic E-state index is 6.13. The fourth-order valence-corrected chi connectivity index (χ4v) is 3.79. The van der Waals surface area contributed by atoms with Gasteiger partial charge in [-0.3, -0.25) is 0 Å². The van der Waals surface area contributed by atoms with Crippen LogP contribution in [0.5, 0.6) is 11.9 Å². The van der Waals surface area contributed by atoms with Crippen molar-refractivity contribution >= 4 is 17.0 Å². The number of nitrogens with one attached hydrogen (secondary N) is 1. The molecule has 0 unspecified atom stereocenters. The summed E-state index contributed by atoms with van der Waals surface area (Å²) in [6.07, 6.45) is 11.2. The molecule has 11 heteroatoms. The highest BCUT2D eigenvalue weighted by atomic mass is 16.5. The molecule has 2 aliphatic carbocycles. The van der Waals surface area contributed by atoms with Crippen molar-refractivity contribution in [3.05, 3.63) is 67.0 Å². The molecule has 11 nitrogen and oxygen atoms in total. The zero-order chi connectivity index (χ0) is 24.6. The number of benzene rings is 1. The van der Waals surface area contributed by atoms with Gasteiger partial charge < -0.3 is 14.8 Å². The van der Waals surface area contributed by atoms with Crippen molar-refractivity contribution in [2.45, 2.75) is 44.4 Å². The van der Waals surface area contributed by atoms with Crippen LogP contribution in [0, 0.1) is 0 Å². The molecule has 2 aliphatic rings. The van der Waals surface area contributed by atoms with Gasteiger partial charge in [-0.25, -0.2) is 29.6 Å². The Kier molecular flexibility index (Phi) is 5.30. The van der Waals surface area contributed by atoms with Crippen molar-refractivity contribution in [2.24, 2.45) is 0 Å². The summed E-state index contributed by atoms with van der Waals surface area (Å²) in [6, 6.07) is 12.3. The second-order valence-electron chi connectivity index (χ2n) is 9.17. The Morgan fingerprint density at radius 1 is 0.865 bits per heavy atom. The van der Waals surface area contributed by atoms with E-state index in [1.54, 1.807) is 23.4 Å². The zero-order valence-corrected chi connectivity index (χ0v) is 19.9. The number of anilines is 1. The molecule has 1 N–H and O–H groups in total. The van der Waals surface area contributed by atoms with Crippen LogP contribution in [0.25, 0.3) is 28.0 Å². The van der Waals surface area contributed by atoms with E-state index in [1.165, 1.54) is 6.33 Å². The van der Waals surface area contributed by atoms with E-state index in [1.807, 2.05) is 36.4 Å². The van der Waals surface area contributed by atoms with E-state index >= 15 is 0 Å². The van der Waals surface area contributed by atoms with Gasteiger partial charge in [0.05, 0.1) is 16.9 Å². The van der Waals surface area contributed by atoms with Gasteiger partial charge in [0.15, 0.2) is 5.52 Å². The molecular formula is C26H23N9O2. The van der Waals surface area contributed by atoms with Crippen LogP contribution >= 0.6 is 0 Å². The van der Waals surface area contributed by atoms with E-state index in [0.29, 0.717) is 35.4 Å². The predicted molar refractivity (Wildman–Crippen MR) is 134 cm³/mol. The highest BCUT2D eigenvalue weighted by molar-refractivity contribution is 5.83. The summed E-state index contributed by atoms with van der Waals surface area (Å²) < 4.78 is 13.5. The quantitative estimate of drug-likeness (QED) is 0.324. The standard InChI is InChI=1S/C26H23N9O2/c1-3-18(35-15-27-14-31-35)4-2-16(1)11-28-25-33-22-10-9-21(32-23(22)24(34-25)36-19-5-6-19)17-12-29-26(30-13-17)37-20-7-8-20/h1-4,9-10,12-15,19-20H,5-8,11H2,(H,28,33,34). The monoisotopic (exact) mass is 493 g/mol. The average Bonchev–Trinajstić information content (AvgIpc) is 3.87. The van der Waals surface area contributed by atoms with E-state index in [2.05, 4.69) is 35.3 Å². The van der Waals surface area contributed by atoms with E-state index in [9.17, 15) is 0 Å². The Morgan fingerprint density at radius 2 is 1.65 bits per heavy atom. The van der Waals surface area contributed by atoms with Crippen molar-refractivity contribution in [1.82, 2.24) is 39.7 Å². The van der Waals surface area contributed by atoms with Gasteiger partial charge in [-0.2, -0.15) is 10.1 Å². The first-order valence-electron chi connectivity index (χ1n) is 12.3. The van der Waals surface area contributed by atoms with Gasteiger partial charge in [-0.05, 0) is 55.5 Å². The first-order valence-corrected chi connectivity index (χ1v) is 12.3. The van der Waals surface area contributed by atoms with Gasteiger partial charge in [0.2, 0.25) is 11.8 Å². The summed E-state index contributed by atoms with van der Waals surface area (Å²) in [5, 5.41) is 7.47. The largest absolute Gasteiger partial charge is 0.473 e. The van der Waals surface area contributed by atoms with Gasteiger partial charge in [-0.15, -0.1) is 0 Å². The van der Waals surface area contributed by atoms with Crippen LogP contribution in [-0.2, 0) is 6.54 Å². The van der Waals surface area contributed by atoms with Crippen LogP contribution in [0.1, 0.15) is 31.2 Å². The molecular weight excluding hydrogens is 470 g/mol. The van der Waals surface area contributed by atoms with Crippen molar-refractivity contribution in [3.63, 3.8) is 0 Å². The number of ether oxygens (including phenoxy) is 2. The lowest BCUT2D eigenvalue weighted by Gasteiger charge is -2.12. The van der Waals surface area contributed by atoms with Gasteiger partial charge >= 0.3 is 6.01 Å². The second-order valence-corrected chi connectivity index (χ2v) is 9.17. The maximum Gasteiger partial charge on any atom is 0.316 e. The number of pyridine rings is 1. The van der Waals surface area contributed by atoms with E-state index in [4.69, 9.17) is 14.5 Å². The van der Waals surface area contributed by atoms with Crippen LogP contribution in [-0.4, -0.2) is 51.9 Å². The summed E-state index contributed by atoms with van der Waals surface area (Å²) in [5.74, 6) is 0.968. The third-order valence-corrected chi connectivity index (χ3v) is 6.10. The summed E-state index contributed by atoms with van der Waals surface area (Å²) in [7, 11) is 0. The minimum atomic E-state index is 0.169. The summed E-state index contributed by atoms with van der Waals surface area (Å²) in [6.45, 7) is 0.560. The van der Waals surface area contributed by atoms with Crippen molar-refractivity contribution < 1.29 is 9.47 Å². The number of aromatic nitrogens is 8. The minimum absolute atomic E-state index is 0.169. The lowest BCUT2D eigenvalue weighted by atomic mass is 10.2. The van der Waals surface area contributed by atoms with Crippen LogP contribution in [0.2, 0.25) is 0 Å².